The fourth-order valence-electron chi connectivity index (χ4n) is 5.35. The second-order valence-corrected chi connectivity index (χ2v) is 10.5. The highest BCUT2D eigenvalue weighted by molar-refractivity contribution is 6.34. The van der Waals surface area contributed by atoms with Crippen LogP contribution in [-0.2, 0) is 10.4 Å². The van der Waals surface area contributed by atoms with E-state index < -0.39 is 23.2 Å². The monoisotopic (exact) mass is 566 g/mol. The lowest BCUT2D eigenvalue weighted by Gasteiger charge is -2.48. The summed E-state index contributed by atoms with van der Waals surface area (Å²) in [4.78, 5) is 30.6. The first-order chi connectivity index (χ1) is 18.5. The van der Waals surface area contributed by atoms with Crippen molar-refractivity contribution < 1.29 is 27.9 Å². The molecule has 0 bridgehead atoms. The van der Waals surface area contributed by atoms with Crippen LogP contribution in [0.2, 0.25) is 5.02 Å². The Morgan fingerprint density at radius 1 is 1.05 bits per heavy atom. The van der Waals surface area contributed by atoms with E-state index in [4.69, 9.17) is 11.6 Å². The predicted molar refractivity (Wildman–Crippen MR) is 144 cm³/mol. The van der Waals surface area contributed by atoms with Crippen molar-refractivity contribution in [1.82, 2.24) is 14.7 Å². The van der Waals surface area contributed by atoms with Gasteiger partial charge in [0.1, 0.15) is 0 Å². The minimum Gasteiger partial charge on any atom is -0.380 e. The van der Waals surface area contributed by atoms with Gasteiger partial charge in [-0.25, -0.2) is 0 Å². The van der Waals surface area contributed by atoms with Crippen molar-refractivity contribution >= 4 is 29.1 Å². The van der Waals surface area contributed by atoms with Gasteiger partial charge in [-0.05, 0) is 44.9 Å². The van der Waals surface area contributed by atoms with Gasteiger partial charge in [-0.3, -0.25) is 14.5 Å². The number of rotatable bonds is 8. The second-order valence-electron chi connectivity index (χ2n) is 10.1. The van der Waals surface area contributed by atoms with Gasteiger partial charge in [0, 0.05) is 56.6 Å². The molecule has 4 rings (SSSR count). The lowest BCUT2D eigenvalue weighted by Crippen LogP contribution is -2.62. The molecular weight excluding hydrogens is 533 g/mol. The fraction of sp³-hybridized carbons (Fsp3) is 0.500. The third-order valence-corrected chi connectivity index (χ3v) is 8.02. The van der Waals surface area contributed by atoms with Crippen LogP contribution in [0.25, 0.3) is 0 Å². The van der Waals surface area contributed by atoms with Crippen LogP contribution in [-0.4, -0.2) is 89.1 Å². The predicted octanol–water partition coefficient (Wildman–Crippen LogP) is 4.36. The standard InChI is InChI=1S/C28H34ClF3N4O3/c1-3-34(4-2)25(37)23-11-10-20(16-24(23)29)33-21-17-36(18-21)22-12-14-35(15-13-22)26(38)27(39,28(30,31)32)19-8-6-5-7-9-19/h5-11,16,21-22,33,39H,3-4,12-15,17-18H2,1-2H3. The van der Waals surface area contributed by atoms with Gasteiger partial charge in [0.05, 0.1) is 16.6 Å². The summed E-state index contributed by atoms with van der Waals surface area (Å²) in [6.07, 6.45) is -4.09. The number of hydrogen-bond donors (Lipinski definition) is 2. The van der Waals surface area contributed by atoms with Crippen molar-refractivity contribution in [2.75, 3.05) is 44.6 Å². The van der Waals surface area contributed by atoms with Gasteiger partial charge >= 0.3 is 6.18 Å². The number of piperidine rings is 1. The molecule has 1 unspecified atom stereocenters. The molecule has 212 valence electrons. The van der Waals surface area contributed by atoms with Crippen molar-refractivity contribution in [3.63, 3.8) is 0 Å². The maximum Gasteiger partial charge on any atom is 0.430 e. The Morgan fingerprint density at radius 2 is 1.67 bits per heavy atom. The van der Waals surface area contributed by atoms with E-state index in [0.717, 1.165) is 35.8 Å². The van der Waals surface area contributed by atoms with Crippen molar-refractivity contribution in [1.29, 1.82) is 0 Å². The molecule has 11 heteroatoms. The number of likely N-dealkylation sites (tertiary alicyclic amines) is 2. The van der Waals surface area contributed by atoms with Gasteiger partial charge in [-0.15, -0.1) is 0 Å². The highest BCUT2D eigenvalue weighted by Crippen LogP contribution is 2.41. The van der Waals surface area contributed by atoms with Crippen LogP contribution in [0.1, 0.15) is 42.6 Å². The summed E-state index contributed by atoms with van der Waals surface area (Å²) in [5, 5.41) is 14.4. The van der Waals surface area contributed by atoms with Gasteiger partial charge < -0.3 is 20.2 Å². The van der Waals surface area contributed by atoms with Crippen molar-refractivity contribution in [3.8, 4) is 0 Å². The fourth-order valence-corrected chi connectivity index (χ4v) is 5.61. The van der Waals surface area contributed by atoms with Gasteiger partial charge in [0.2, 0.25) is 0 Å². The number of nitrogens with zero attached hydrogens (tertiary/aromatic N) is 3. The Kier molecular flexibility index (Phi) is 8.78. The summed E-state index contributed by atoms with van der Waals surface area (Å²) in [5.41, 5.74) is -2.77. The molecule has 2 aromatic carbocycles. The molecule has 2 amide bonds. The molecule has 0 spiro atoms. The molecule has 2 saturated heterocycles. The van der Waals surface area contributed by atoms with E-state index in [1.54, 1.807) is 17.0 Å². The number of nitrogens with one attached hydrogen (secondary N) is 1. The van der Waals surface area contributed by atoms with E-state index in [9.17, 15) is 27.9 Å². The first-order valence-electron chi connectivity index (χ1n) is 13.2. The van der Waals surface area contributed by atoms with E-state index in [1.165, 1.54) is 18.2 Å². The molecule has 39 heavy (non-hydrogen) atoms. The van der Waals surface area contributed by atoms with Gasteiger partial charge in [-0.1, -0.05) is 41.9 Å². The van der Waals surface area contributed by atoms with Crippen LogP contribution < -0.4 is 5.32 Å². The molecule has 0 aliphatic carbocycles. The molecule has 2 heterocycles. The number of benzene rings is 2. The molecule has 2 fully saturated rings. The van der Waals surface area contributed by atoms with Crippen molar-refractivity contribution in [2.24, 2.45) is 0 Å². The molecule has 2 aliphatic rings. The number of aliphatic hydroxyl groups is 1. The van der Waals surface area contributed by atoms with Crippen molar-refractivity contribution in [2.45, 2.75) is 50.6 Å². The number of carbonyl (C=O) groups excluding carboxylic acids is 2. The largest absolute Gasteiger partial charge is 0.430 e. The molecule has 2 aliphatic heterocycles. The Balaban J connectivity index is 1.29. The lowest BCUT2D eigenvalue weighted by molar-refractivity contribution is -0.262. The Hall–Kier alpha value is -2.82. The van der Waals surface area contributed by atoms with Gasteiger partial charge in [0.25, 0.3) is 17.4 Å². The van der Waals surface area contributed by atoms with Gasteiger partial charge in [0.15, 0.2) is 0 Å². The first-order valence-corrected chi connectivity index (χ1v) is 13.6. The van der Waals surface area contributed by atoms with Crippen LogP contribution in [0.3, 0.4) is 0 Å². The average Bonchev–Trinajstić information content (AvgIpc) is 2.90. The molecule has 2 N–H and O–H groups in total. The maximum atomic E-state index is 13.9. The average molecular weight is 567 g/mol. The number of anilines is 1. The normalized spacial score (nSPS) is 18.8. The maximum absolute atomic E-state index is 13.9. The van der Waals surface area contributed by atoms with Crippen LogP contribution in [0.4, 0.5) is 18.9 Å². The summed E-state index contributed by atoms with van der Waals surface area (Å²) >= 11 is 6.40. The highest BCUT2D eigenvalue weighted by Gasteiger charge is 2.62. The summed E-state index contributed by atoms with van der Waals surface area (Å²) in [6.45, 7) is 6.81. The topological polar surface area (TPSA) is 76.1 Å². The molecule has 7 nitrogen and oxygen atoms in total. The number of alkyl halides is 3. The lowest BCUT2D eigenvalue weighted by atomic mass is 9.89. The van der Waals surface area contributed by atoms with Crippen LogP contribution >= 0.6 is 11.6 Å². The van der Waals surface area contributed by atoms with E-state index >= 15 is 0 Å². The number of halogens is 4. The zero-order valence-electron chi connectivity index (χ0n) is 22.0. The third-order valence-electron chi connectivity index (χ3n) is 7.71. The summed E-state index contributed by atoms with van der Waals surface area (Å²) in [7, 11) is 0. The third kappa shape index (κ3) is 5.88. The molecular formula is C28H34ClF3N4O3. The van der Waals surface area contributed by atoms with Gasteiger partial charge in [-0.2, -0.15) is 13.2 Å². The van der Waals surface area contributed by atoms with Crippen LogP contribution in [0.5, 0.6) is 0 Å². The smallest absolute Gasteiger partial charge is 0.380 e. The Labute approximate surface area is 231 Å². The van der Waals surface area contributed by atoms with E-state index in [1.807, 2.05) is 19.9 Å². The number of carbonyl (C=O) groups is 2. The molecule has 0 saturated carbocycles. The quantitative estimate of drug-likeness (QED) is 0.497. The SMILES string of the molecule is CCN(CC)C(=O)c1ccc(NC2CN(C3CCN(C(=O)C(O)(c4ccccc4)C(F)(F)F)CC3)C2)cc1Cl. The molecule has 2 aromatic rings. The minimum absolute atomic E-state index is 0.103. The summed E-state index contributed by atoms with van der Waals surface area (Å²) < 4.78 is 41.7. The number of hydrogen-bond acceptors (Lipinski definition) is 5. The zero-order valence-corrected chi connectivity index (χ0v) is 22.8. The Morgan fingerprint density at radius 3 is 2.21 bits per heavy atom. The van der Waals surface area contributed by atoms with E-state index in [0.29, 0.717) is 36.5 Å². The summed E-state index contributed by atoms with van der Waals surface area (Å²) in [6, 6.07) is 12.1. The van der Waals surface area contributed by atoms with Crippen LogP contribution in [0.15, 0.2) is 48.5 Å². The minimum atomic E-state index is -5.14. The van der Waals surface area contributed by atoms with Crippen molar-refractivity contribution in [3.05, 3.63) is 64.7 Å². The van der Waals surface area contributed by atoms with Crippen LogP contribution in [0, 0.1) is 0 Å². The summed E-state index contributed by atoms with van der Waals surface area (Å²) in [5.74, 6) is -1.43. The number of amides is 2. The Bertz CT molecular complexity index is 1160. The molecule has 0 radical (unpaired) electrons. The second kappa shape index (κ2) is 11.7. The van der Waals surface area contributed by atoms with E-state index in [-0.39, 0.29) is 31.1 Å². The zero-order chi connectivity index (χ0) is 28.4. The molecule has 1 atom stereocenters. The highest BCUT2D eigenvalue weighted by atomic mass is 35.5. The van der Waals surface area contributed by atoms with E-state index in [2.05, 4.69) is 10.2 Å². The molecule has 0 aromatic heterocycles. The first kappa shape index (κ1) is 29.2.